The third kappa shape index (κ3) is 2.93. The molecular formula is C17H19FN6O. The molecule has 1 aromatic carbocycles. The number of hydrogen-bond donors (Lipinski definition) is 1. The molecule has 25 heavy (non-hydrogen) atoms. The molecule has 1 N–H and O–H groups in total. The molecule has 1 saturated heterocycles. The lowest BCUT2D eigenvalue weighted by Gasteiger charge is -2.39. The number of fused-ring (bicyclic) bond motifs is 1. The van der Waals surface area contributed by atoms with E-state index in [0.29, 0.717) is 42.7 Å². The molecule has 1 aliphatic heterocycles. The van der Waals surface area contributed by atoms with E-state index in [4.69, 9.17) is 0 Å². The fraction of sp³-hybridized carbons (Fsp3) is 0.412. The Morgan fingerprint density at radius 2 is 2.20 bits per heavy atom. The van der Waals surface area contributed by atoms with E-state index in [2.05, 4.69) is 20.2 Å². The molecule has 1 atom stereocenters. The van der Waals surface area contributed by atoms with Gasteiger partial charge in [0.25, 0.3) is 0 Å². The van der Waals surface area contributed by atoms with Crippen molar-refractivity contribution in [3.05, 3.63) is 42.5 Å². The topological polar surface area (TPSA) is 80.0 Å². The molecular weight excluding hydrogens is 323 g/mol. The maximum absolute atomic E-state index is 14.4. The second-order valence-electron chi connectivity index (χ2n) is 6.62. The van der Waals surface area contributed by atoms with Crippen molar-refractivity contribution < 1.29 is 9.50 Å². The second-order valence-corrected chi connectivity index (χ2v) is 6.62. The second kappa shape index (κ2) is 6.03. The van der Waals surface area contributed by atoms with Crippen LogP contribution in [0, 0.1) is 5.82 Å². The van der Waals surface area contributed by atoms with Crippen LogP contribution in [0.2, 0.25) is 0 Å². The largest absolute Gasteiger partial charge is 0.388 e. The molecule has 3 heterocycles. The Kier molecular flexibility index (Phi) is 3.84. The molecule has 0 amide bonds. The van der Waals surface area contributed by atoms with E-state index in [0.717, 1.165) is 12.2 Å². The molecule has 2 aromatic heterocycles. The van der Waals surface area contributed by atoms with Crippen molar-refractivity contribution in [2.45, 2.75) is 24.9 Å². The van der Waals surface area contributed by atoms with Crippen molar-refractivity contribution in [2.75, 3.05) is 18.0 Å². The molecule has 0 radical (unpaired) electrons. The van der Waals surface area contributed by atoms with Crippen LogP contribution in [-0.2, 0) is 13.5 Å². The average molecular weight is 342 g/mol. The van der Waals surface area contributed by atoms with Gasteiger partial charge in [0.1, 0.15) is 30.1 Å². The molecule has 4 rings (SSSR count). The summed E-state index contributed by atoms with van der Waals surface area (Å²) in [4.78, 5) is 10.4. The first-order valence-electron chi connectivity index (χ1n) is 8.25. The minimum Gasteiger partial charge on any atom is -0.388 e. The minimum atomic E-state index is -0.957. The number of rotatable bonds is 3. The molecule has 8 heteroatoms. The van der Waals surface area contributed by atoms with Crippen LogP contribution >= 0.6 is 0 Å². The number of nitrogens with zero attached hydrogens (tertiary/aromatic N) is 6. The van der Waals surface area contributed by atoms with Gasteiger partial charge in [0.2, 0.25) is 0 Å². The van der Waals surface area contributed by atoms with E-state index in [-0.39, 0.29) is 5.82 Å². The summed E-state index contributed by atoms with van der Waals surface area (Å²) in [6, 6.07) is 4.80. The number of aliphatic hydroxyl groups is 1. The Morgan fingerprint density at radius 3 is 3.00 bits per heavy atom. The van der Waals surface area contributed by atoms with Gasteiger partial charge in [-0.2, -0.15) is 0 Å². The van der Waals surface area contributed by atoms with Crippen LogP contribution in [0.4, 0.5) is 10.2 Å². The summed E-state index contributed by atoms with van der Waals surface area (Å²) in [7, 11) is 1.85. The van der Waals surface area contributed by atoms with Gasteiger partial charge in [-0.25, -0.2) is 14.4 Å². The number of anilines is 1. The normalized spacial score (nSPS) is 21.0. The van der Waals surface area contributed by atoms with Crippen LogP contribution in [0.5, 0.6) is 0 Å². The van der Waals surface area contributed by atoms with Crippen LogP contribution in [0.15, 0.2) is 30.9 Å². The quantitative estimate of drug-likeness (QED) is 0.776. The molecule has 0 saturated carbocycles. The van der Waals surface area contributed by atoms with Crippen molar-refractivity contribution >= 4 is 16.7 Å². The van der Waals surface area contributed by atoms with Crippen LogP contribution in [0.3, 0.4) is 0 Å². The third-order valence-corrected chi connectivity index (χ3v) is 4.74. The van der Waals surface area contributed by atoms with E-state index in [9.17, 15) is 9.50 Å². The predicted octanol–water partition coefficient (Wildman–Crippen LogP) is 1.47. The summed E-state index contributed by atoms with van der Waals surface area (Å²) in [6.45, 7) is 1.07. The van der Waals surface area contributed by atoms with Crippen molar-refractivity contribution in [3.8, 4) is 0 Å². The summed E-state index contributed by atoms with van der Waals surface area (Å²) >= 11 is 0. The lowest BCUT2D eigenvalue weighted by molar-refractivity contribution is 0.0237. The molecule has 7 nitrogen and oxygen atoms in total. The van der Waals surface area contributed by atoms with E-state index >= 15 is 0 Å². The zero-order chi connectivity index (χ0) is 17.4. The van der Waals surface area contributed by atoms with E-state index in [1.54, 1.807) is 23.0 Å². The van der Waals surface area contributed by atoms with E-state index in [1.807, 2.05) is 11.9 Å². The van der Waals surface area contributed by atoms with Gasteiger partial charge in [-0.1, -0.05) is 6.07 Å². The van der Waals surface area contributed by atoms with Gasteiger partial charge in [-0.15, -0.1) is 10.2 Å². The zero-order valence-electron chi connectivity index (χ0n) is 13.9. The van der Waals surface area contributed by atoms with Crippen LogP contribution in [0.1, 0.15) is 18.7 Å². The molecule has 0 spiro atoms. The van der Waals surface area contributed by atoms with Gasteiger partial charge < -0.3 is 14.6 Å². The minimum absolute atomic E-state index is 0.351. The lowest BCUT2D eigenvalue weighted by atomic mass is 9.89. The van der Waals surface area contributed by atoms with Crippen molar-refractivity contribution in [3.63, 3.8) is 0 Å². The summed E-state index contributed by atoms with van der Waals surface area (Å²) in [5.41, 5.74) is -0.394. The summed E-state index contributed by atoms with van der Waals surface area (Å²) < 4.78 is 16.2. The Labute approximate surface area is 144 Å². The van der Waals surface area contributed by atoms with E-state index in [1.165, 1.54) is 12.4 Å². The van der Waals surface area contributed by atoms with Crippen LogP contribution < -0.4 is 4.90 Å². The smallest absolute Gasteiger partial charge is 0.142 e. The first-order valence-corrected chi connectivity index (χ1v) is 8.25. The maximum Gasteiger partial charge on any atom is 0.142 e. The van der Waals surface area contributed by atoms with Crippen LogP contribution in [0.25, 0.3) is 10.9 Å². The number of hydrogen-bond acceptors (Lipinski definition) is 6. The average Bonchev–Trinajstić information content (AvgIpc) is 2.99. The molecule has 0 bridgehead atoms. The van der Waals surface area contributed by atoms with E-state index < -0.39 is 5.60 Å². The lowest BCUT2D eigenvalue weighted by Crippen LogP contribution is -2.50. The first-order chi connectivity index (χ1) is 12.1. The highest BCUT2D eigenvalue weighted by molar-refractivity contribution is 5.89. The molecule has 1 unspecified atom stereocenters. The van der Waals surface area contributed by atoms with Crippen molar-refractivity contribution in [1.82, 2.24) is 24.7 Å². The van der Waals surface area contributed by atoms with Crippen LogP contribution in [-0.4, -0.2) is 48.5 Å². The van der Waals surface area contributed by atoms with Gasteiger partial charge in [-0.05, 0) is 25.0 Å². The predicted molar refractivity (Wildman–Crippen MR) is 90.6 cm³/mol. The number of piperidine rings is 1. The SMILES string of the molecule is Cn1cnnc1CC1(O)CCCN(c2ncnc3cccc(F)c23)C1. The third-order valence-electron chi connectivity index (χ3n) is 4.74. The molecule has 1 fully saturated rings. The standard InChI is InChI=1S/C17H19FN6O/c1-23-11-21-22-14(23)8-17(25)6-3-7-24(9-17)16-15-12(18)4-2-5-13(15)19-10-20-16/h2,4-5,10-11,25H,3,6-9H2,1H3. The summed E-state index contributed by atoms with van der Waals surface area (Å²) in [6.07, 6.45) is 4.89. The van der Waals surface area contributed by atoms with Gasteiger partial charge in [0, 0.05) is 26.6 Å². The Balaban J connectivity index is 1.67. The number of β-amino-alcohol motifs (C(OH)–C–C–N with tert-alkyl or cyclic N) is 1. The zero-order valence-corrected chi connectivity index (χ0v) is 13.9. The Morgan fingerprint density at radius 1 is 1.32 bits per heavy atom. The highest BCUT2D eigenvalue weighted by Gasteiger charge is 2.36. The highest BCUT2D eigenvalue weighted by Crippen LogP contribution is 2.31. The maximum atomic E-state index is 14.4. The van der Waals surface area contributed by atoms with Gasteiger partial charge in [0.05, 0.1) is 16.5 Å². The fourth-order valence-electron chi connectivity index (χ4n) is 3.49. The summed E-state index contributed by atoms with van der Waals surface area (Å²) in [5.74, 6) is 0.901. The summed E-state index contributed by atoms with van der Waals surface area (Å²) in [5, 5.41) is 19.4. The molecule has 130 valence electrons. The first kappa shape index (κ1) is 15.9. The highest BCUT2D eigenvalue weighted by atomic mass is 19.1. The Bertz CT molecular complexity index is 908. The van der Waals surface area contributed by atoms with Crippen molar-refractivity contribution in [1.29, 1.82) is 0 Å². The number of halogens is 1. The number of aryl methyl sites for hydroxylation is 1. The molecule has 1 aliphatic rings. The Hall–Kier alpha value is -2.61. The van der Waals surface area contributed by atoms with Gasteiger partial charge in [-0.3, -0.25) is 0 Å². The molecule has 0 aliphatic carbocycles. The number of benzene rings is 1. The van der Waals surface area contributed by atoms with Gasteiger partial charge >= 0.3 is 0 Å². The molecule has 3 aromatic rings. The number of aromatic nitrogens is 5. The monoisotopic (exact) mass is 342 g/mol. The fourth-order valence-corrected chi connectivity index (χ4v) is 3.49. The van der Waals surface area contributed by atoms with Crippen molar-refractivity contribution in [2.24, 2.45) is 7.05 Å². The van der Waals surface area contributed by atoms with Gasteiger partial charge in [0.15, 0.2) is 0 Å².